The van der Waals surface area contributed by atoms with E-state index in [-0.39, 0.29) is 60.4 Å². The molecular weight excluding hydrogens is 568 g/mol. The first-order valence-corrected chi connectivity index (χ1v) is 13.1. The molecule has 0 bridgehead atoms. The predicted molar refractivity (Wildman–Crippen MR) is 134 cm³/mol. The SMILES string of the molecule is O=S(=O)(C1=CN(c2cnc(Nc3ccc(F)c(Cl)c3)nc2-n2ccc(C(F)(F)F)n2)CN=C1)N1CCOCC1. The first kappa shape index (κ1) is 27.0. The van der Waals surface area contributed by atoms with Gasteiger partial charge in [-0.25, -0.2) is 22.5 Å². The van der Waals surface area contributed by atoms with Crippen LogP contribution in [0.1, 0.15) is 5.69 Å². The van der Waals surface area contributed by atoms with Crippen molar-refractivity contribution in [2.24, 2.45) is 4.99 Å². The Bertz CT molecular complexity index is 1550. The Morgan fingerprint density at radius 2 is 1.90 bits per heavy atom. The fourth-order valence-corrected chi connectivity index (χ4v) is 5.33. The molecular formula is C22H19ClF4N8O3S. The van der Waals surface area contributed by atoms with Crippen molar-refractivity contribution in [3.05, 3.63) is 64.3 Å². The monoisotopic (exact) mass is 586 g/mol. The van der Waals surface area contributed by atoms with Gasteiger partial charge in [0.2, 0.25) is 16.0 Å². The van der Waals surface area contributed by atoms with Crippen molar-refractivity contribution in [2.75, 3.05) is 43.2 Å². The van der Waals surface area contributed by atoms with Crippen LogP contribution in [0, 0.1) is 5.82 Å². The number of aliphatic imine (C=N–C) groups is 1. The first-order chi connectivity index (χ1) is 18.5. The molecule has 39 heavy (non-hydrogen) atoms. The second-order valence-electron chi connectivity index (χ2n) is 8.27. The highest BCUT2D eigenvalue weighted by Gasteiger charge is 2.34. The Morgan fingerprint density at radius 1 is 1.13 bits per heavy atom. The number of halogens is 5. The van der Waals surface area contributed by atoms with Gasteiger partial charge in [-0.05, 0) is 24.3 Å². The number of hydrogen-bond donors (Lipinski definition) is 1. The van der Waals surface area contributed by atoms with E-state index in [9.17, 15) is 26.0 Å². The van der Waals surface area contributed by atoms with Gasteiger partial charge in [0.15, 0.2) is 11.5 Å². The molecule has 1 aromatic carbocycles. The standard InChI is InChI=1S/C22H19ClF4N8O3S/c23-16-9-14(1-2-17(16)24)30-21-29-11-18(20(31-21)35-4-3-19(32-35)22(25,26)27)33-12-15(10-28-13-33)39(36,37)34-5-7-38-8-6-34/h1-4,9-12H,5-8,13H2,(H,29,30,31). The summed E-state index contributed by atoms with van der Waals surface area (Å²) in [5.41, 5.74) is -0.714. The first-order valence-electron chi connectivity index (χ1n) is 11.3. The Morgan fingerprint density at radius 3 is 2.59 bits per heavy atom. The summed E-state index contributed by atoms with van der Waals surface area (Å²) in [6, 6.07) is 4.56. The summed E-state index contributed by atoms with van der Waals surface area (Å²) in [6.45, 7) is 0.776. The van der Waals surface area contributed by atoms with Gasteiger partial charge in [0.25, 0.3) is 0 Å². The zero-order valence-corrected chi connectivity index (χ0v) is 21.4. The molecule has 0 unspecified atom stereocenters. The molecule has 0 spiro atoms. The topological polar surface area (TPSA) is 118 Å². The second-order valence-corrected chi connectivity index (χ2v) is 10.6. The lowest BCUT2D eigenvalue weighted by atomic mass is 10.3. The van der Waals surface area contributed by atoms with Gasteiger partial charge >= 0.3 is 6.18 Å². The summed E-state index contributed by atoms with van der Waals surface area (Å²) in [6.07, 6.45) is 0.155. The highest BCUT2D eigenvalue weighted by molar-refractivity contribution is 7.93. The molecule has 2 aromatic heterocycles. The summed E-state index contributed by atoms with van der Waals surface area (Å²) in [5, 5.41) is 6.25. The van der Waals surface area contributed by atoms with Crippen molar-refractivity contribution < 1.29 is 30.7 Å². The number of sulfonamides is 1. The van der Waals surface area contributed by atoms with Gasteiger partial charge in [0, 0.05) is 37.4 Å². The fourth-order valence-electron chi connectivity index (χ4n) is 3.76. The van der Waals surface area contributed by atoms with Gasteiger partial charge in [0.05, 0.1) is 24.4 Å². The molecule has 2 aliphatic rings. The minimum absolute atomic E-state index is 0.0633. The van der Waals surface area contributed by atoms with Crippen molar-refractivity contribution in [3.8, 4) is 5.82 Å². The molecule has 11 nitrogen and oxygen atoms in total. The quantitative estimate of drug-likeness (QED) is 0.436. The zero-order valence-electron chi connectivity index (χ0n) is 19.8. The van der Waals surface area contributed by atoms with Crippen LogP contribution >= 0.6 is 11.6 Å². The summed E-state index contributed by atoms with van der Waals surface area (Å²) >= 11 is 5.82. The van der Waals surface area contributed by atoms with Crippen LogP contribution in [-0.4, -0.2) is 71.7 Å². The summed E-state index contributed by atoms with van der Waals surface area (Å²) in [7, 11) is -3.92. The molecule has 0 atom stereocenters. The van der Waals surface area contributed by atoms with Gasteiger partial charge in [-0.1, -0.05) is 11.6 Å². The smallest absolute Gasteiger partial charge is 0.379 e. The number of alkyl halides is 3. The van der Waals surface area contributed by atoms with Crippen molar-refractivity contribution in [2.45, 2.75) is 6.18 Å². The third-order valence-corrected chi connectivity index (χ3v) is 7.82. The number of nitrogens with zero attached hydrogens (tertiary/aromatic N) is 7. The second kappa shape index (κ2) is 10.5. The number of nitrogens with one attached hydrogen (secondary N) is 1. The van der Waals surface area contributed by atoms with E-state index in [1.165, 1.54) is 39.9 Å². The Hall–Kier alpha value is -3.60. The van der Waals surface area contributed by atoms with E-state index >= 15 is 0 Å². The molecule has 4 heterocycles. The molecule has 0 amide bonds. The molecule has 17 heteroatoms. The molecule has 1 fully saturated rings. The molecule has 0 aliphatic carbocycles. The number of allylic oxidation sites excluding steroid dienone is 1. The van der Waals surface area contributed by atoms with Crippen LogP contribution < -0.4 is 10.2 Å². The summed E-state index contributed by atoms with van der Waals surface area (Å²) in [4.78, 5) is 13.9. The van der Waals surface area contributed by atoms with E-state index in [2.05, 4.69) is 25.4 Å². The van der Waals surface area contributed by atoms with Crippen LogP contribution in [0.5, 0.6) is 0 Å². The van der Waals surface area contributed by atoms with Crippen molar-refractivity contribution in [3.63, 3.8) is 0 Å². The van der Waals surface area contributed by atoms with E-state index in [0.29, 0.717) is 5.69 Å². The molecule has 3 aromatic rings. The van der Waals surface area contributed by atoms with E-state index < -0.39 is 27.7 Å². The number of ether oxygens (including phenoxy) is 1. The van der Waals surface area contributed by atoms with Gasteiger partial charge in [0.1, 0.15) is 23.1 Å². The molecule has 0 saturated carbocycles. The predicted octanol–water partition coefficient (Wildman–Crippen LogP) is 3.57. The number of benzene rings is 1. The Kier molecular flexibility index (Phi) is 7.28. The summed E-state index contributed by atoms with van der Waals surface area (Å²) < 4.78 is 87.1. The van der Waals surface area contributed by atoms with Crippen molar-refractivity contribution in [1.82, 2.24) is 24.1 Å². The molecule has 1 N–H and O–H groups in total. The number of morpholine rings is 1. The maximum Gasteiger partial charge on any atom is 0.435 e. The lowest BCUT2D eigenvalue weighted by Gasteiger charge is -2.29. The Labute approximate surface area is 224 Å². The minimum Gasteiger partial charge on any atom is -0.379 e. The van der Waals surface area contributed by atoms with E-state index in [1.807, 2.05) is 0 Å². The highest BCUT2D eigenvalue weighted by atomic mass is 35.5. The van der Waals surface area contributed by atoms with Gasteiger partial charge in [-0.3, -0.25) is 4.99 Å². The third-order valence-electron chi connectivity index (χ3n) is 5.68. The number of anilines is 3. The molecule has 2 aliphatic heterocycles. The number of aromatic nitrogens is 4. The summed E-state index contributed by atoms with van der Waals surface area (Å²) in [5.74, 6) is -0.811. The van der Waals surface area contributed by atoms with Crippen molar-refractivity contribution >= 4 is 45.2 Å². The van der Waals surface area contributed by atoms with E-state index in [4.69, 9.17) is 16.3 Å². The van der Waals surface area contributed by atoms with E-state index in [0.717, 1.165) is 23.0 Å². The van der Waals surface area contributed by atoms with Crippen LogP contribution in [0.2, 0.25) is 5.02 Å². The molecule has 5 rings (SSSR count). The Balaban J connectivity index is 1.54. The highest BCUT2D eigenvalue weighted by Crippen LogP contribution is 2.31. The zero-order chi connectivity index (χ0) is 27.8. The maximum absolute atomic E-state index is 13.5. The third kappa shape index (κ3) is 5.73. The normalized spacial score (nSPS) is 16.8. The molecule has 0 radical (unpaired) electrons. The van der Waals surface area contributed by atoms with Crippen LogP contribution in [0.4, 0.5) is 34.9 Å². The van der Waals surface area contributed by atoms with Crippen LogP contribution in [0.3, 0.4) is 0 Å². The number of rotatable bonds is 6. The van der Waals surface area contributed by atoms with Gasteiger partial charge < -0.3 is 15.0 Å². The lowest BCUT2D eigenvalue weighted by Crippen LogP contribution is -2.42. The van der Waals surface area contributed by atoms with Crippen LogP contribution in [-0.2, 0) is 20.9 Å². The van der Waals surface area contributed by atoms with Gasteiger partial charge in [-0.15, -0.1) is 0 Å². The van der Waals surface area contributed by atoms with Gasteiger partial charge in [-0.2, -0.15) is 27.6 Å². The van der Waals surface area contributed by atoms with Crippen LogP contribution in [0.25, 0.3) is 5.82 Å². The fraction of sp³-hybridized carbons (Fsp3) is 0.273. The average Bonchev–Trinajstić information content (AvgIpc) is 3.43. The van der Waals surface area contributed by atoms with E-state index in [1.54, 1.807) is 0 Å². The number of hydrogen-bond acceptors (Lipinski definition) is 9. The van der Waals surface area contributed by atoms with Crippen LogP contribution in [0.15, 0.2) is 52.8 Å². The maximum atomic E-state index is 13.5. The molecule has 206 valence electrons. The van der Waals surface area contributed by atoms with Crippen molar-refractivity contribution in [1.29, 1.82) is 0 Å². The average molecular weight is 587 g/mol. The lowest BCUT2D eigenvalue weighted by molar-refractivity contribution is -0.141. The minimum atomic E-state index is -4.71. The largest absolute Gasteiger partial charge is 0.435 e. The molecule has 1 saturated heterocycles.